The van der Waals surface area contributed by atoms with Crippen molar-refractivity contribution in [2.75, 3.05) is 19.6 Å². The number of hydrogen-bond donors (Lipinski definition) is 3. The van der Waals surface area contributed by atoms with Gasteiger partial charge in [0.05, 0.1) is 0 Å². The summed E-state index contributed by atoms with van der Waals surface area (Å²) < 4.78 is 0. The summed E-state index contributed by atoms with van der Waals surface area (Å²) in [6.07, 6.45) is 8.20. The second-order valence-electron chi connectivity index (χ2n) is 7.14. The van der Waals surface area contributed by atoms with Gasteiger partial charge in [0, 0.05) is 18.5 Å². The summed E-state index contributed by atoms with van der Waals surface area (Å²) in [5.74, 6) is 2.47. The molecule has 0 aromatic carbocycles. The third-order valence-corrected chi connectivity index (χ3v) is 5.80. The fourth-order valence-corrected chi connectivity index (χ4v) is 4.51. The molecule has 4 N–H and O–H groups in total. The van der Waals surface area contributed by atoms with E-state index in [0.29, 0.717) is 23.8 Å². The highest BCUT2D eigenvalue weighted by molar-refractivity contribution is 5.78. The van der Waals surface area contributed by atoms with Gasteiger partial charge in [0.1, 0.15) is 0 Å². The Labute approximate surface area is 122 Å². The van der Waals surface area contributed by atoms with E-state index in [-0.39, 0.29) is 5.92 Å². The maximum atomic E-state index is 12.3. The van der Waals surface area contributed by atoms with Crippen molar-refractivity contribution in [2.45, 2.75) is 51.0 Å². The SMILES string of the molecule is NC1C2CCCC1CC(C(=O)NCCC1CCNC1)C2. The average molecular weight is 279 g/mol. The fourth-order valence-electron chi connectivity index (χ4n) is 4.51. The van der Waals surface area contributed by atoms with Crippen molar-refractivity contribution in [2.24, 2.45) is 29.4 Å². The highest BCUT2D eigenvalue weighted by Crippen LogP contribution is 2.41. The summed E-state index contributed by atoms with van der Waals surface area (Å²) in [4.78, 5) is 12.3. The van der Waals surface area contributed by atoms with Gasteiger partial charge >= 0.3 is 0 Å². The van der Waals surface area contributed by atoms with Crippen molar-refractivity contribution < 1.29 is 4.79 Å². The molecule has 1 heterocycles. The molecule has 1 saturated heterocycles. The second-order valence-corrected chi connectivity index (χ2v) is 7.14. The van der Waals surface area contributed by atoms with E-state index < -0.39 is 0 Å². The van der Waals surface area contributed by atoms with E-state index in [2.05, 4.69) is 10.6 Å². The predicted molar refractivity (Wildman–Crippen MR) is 80.1 cm³/mol. The molecule has 0 aromatic heterocycles. The number of carbonyl (C=O) groups is 1. The van der Waals surface area contributed by atoms with Gasteiger partial charge in [0.2, 0.25) is 5.91 Å². The number of carbonyl (C=O) groups excluding carboxylic acids is 1. The molecule has 1 aliphatic heterocycles. The largest absolute Gasteiger partial charge is 0.356 e. The molecule has 4 nitrogen and oxygen atoms in total. The van der Waals surface area contributed by atoms with Gasteiger partial charge in [-0.2, -0.15) is 0 Å². The molecule has 2 bridgehead atoms. The molecule has 3 unspecified atom stereocenters. The minimum absolute atomic E-state index is 0.229. The van der Waals surface area contributed by atoms with Crippen LogP contribution in [0.4, 0.5) is 0 Å². The highest BCUT2D eigenvalue weighted by Gasteiger charge is 2.40. The summed E-state index contributed by atoms with van der Waals surface area (Å²) in [6, 6.07) is 0.359. The van der Waals surface area contributed by atoms with E-state index in [9.17, 15) is 4.79 Å². The maximum absolute atomic E-state index is 12.3. The molecule has 1 amide bonds. The van der Waals surface area contributed by atoms with E-state index in [1.807, 2.05) is 0 Å². The molecular formula is C16H29N3O. The van der Waals surface area contributed by atoms with E-state index in [0.717, 1.165) is 44.8 Å². The quantitative estimate of drug-likeness (QED) is 0.726. The molecule has 3 aliphatic rings. The molecule has 20 heavy (non-hydrogen) atoms. The first-order valence-electron chi connectivity index (χ1n) is 8.48. The zero-order valence-corrected chi connectivity index (χ0v) is 12.4. The van der Waals surface area contributed by atoms with Crippen LogP contribution in [0.2, 0.25) is 0 Å². The van der Waals surface area contributed by atoms with Crippen molar-refractivity contribution in [3.63, 3.8) is 0 Å². The Balaban J connectivity index is 1.43. The third kappa shape index (κ3) is 3.17. The lowest BCUT2D eigenvalue weighted by Gasteiger charge is -2.43. The zero-order valence-electron chi connectivity index (χ0n) is 12.4. The van der Waals surface area contributed by atoms with Gasteiger partial charge in [0.15, 0.2) is 0 Å². The third-order valence-electron chi connectivity index (χ3n) is 5.80. The van der Waals surface area contributed by atoms with Gasteiger partial charge in [-0.15, -0.1) is 0 Å². The normalized spacial score (nSPS) is 40.5. The minimum atomic E-state index is 0.229. The van der Waals surface area contributed by atoms with Crippen LogP contribution in [0.1, 0.15) is 44.9 Å². The van der Waals surface area contributed by atoms with Gasteiger partial charge < -0.3 is 16.4 Å². The van der Waals surface area contributed by atoms with Crippen molar-refractivity contribution in [1.29, 1.82) is 0 Å². The van der Waals surface area contributed by atoms with Crippen LogP contribution in [-0.4, -0.2) is 31.6 Å². The minimum Gasteiger partial charge on any atom is -0.356 e. The molecule has 2 saturated carbocycles. The highest BCUT2D eigenvalue weighted by atomic mass is 16.1. The molecule has 114 valence electrons. The topological polar surface area (TPSA) is 67.2 Å². The van der Waals surface area contributed by atoms with Crippen LogP contribution in [0, 0.1) is 23.7 Å². The van der Waals surface area contributed by atoms with Crippen molar-refractivity contribution in [1.82, 2.24) is 10.6 Å². The molecule has 0 aromatic rings. The van der Waals surface area contributed by atoms with Crippen molar-refractivity contribution in [3.8, 4) is 0 Å². The van der Waals surface area contributed by atoms with Crippen LogP contribution < -0.4 is 16.4 Å². The van der Waals surface area contributed by atoms with E-state index in [4.69, 9.17) is 5.73 Å². The zero-order chi connectivity index (χ0) is 13.9. The van der Waals surface area contributed by atoms with E-state index in [1.54, 1.807) is 0 Å². The molecule has 3 rings (SSSR count). The van der Waals surface area contributed by atoms with Crippen molar-refractivity contribution in [3.05, 3.63) is 0 Å². The van der Waals surface area contributed by atoms with Crippen LogP contribution in [0.15, 0.2) is 0 Å². The lowest BCUT2D eigenvalue weighted by Crippen LogP contribution is -2.49. The summed E-state index contributed by atoms with van der Waals surface area (Å²) in [5, 5.41) is 6.55. The standard InChI is InChI=1S/C16H29N3O/c17-15-12-2-1-3-13(15)9-14(8-12)16(20)19-7-5-11-4-6-18-10-11/h11-15,18H,1-10,17H2,(H,19,20). The van der Waals surface area contributed by atoms with Crippen LogP contribution in [0.25, 0.3) is 0 Å². The Morgan fingerprint density at radius 3 is 2.60 bits per heavy atom. The molecule has 4 heteroatoms. The Morgan fingerprint density at radius 2 is 1.95 bits per heavy atom. The average Bonchev–Trinajstić information content (AvgIpc) is 2.91. The summed E-state index contributed by atoms with van der Waals surface area (Å²) in [6.45, 7) is 3.11. The molecule has 3 atom stereocenters. The molecule has 0 radical (unpaired) electrons. The Hall–Kier alpha value is -0.610. The Bertz CT molecular complexity index is 327. The molecule has 0 spiro atoms. The lowest BCUT2D eigenvalue weighted by molar-refractivity contribution is -0.127. The number of amides is 1. The van der Waals surface area contributed by atoms with Gasteiger partial charge in [-0.1, -0.05) is 6.42 Å². The number of nitrogens with one attached hydrogen (secondary N) is 2. The van der Waals surface area contributed by atoms with Crippen LogP contribution in [-0.2, 0) is 4.79 Å². The summed E-state index contributed by atoms with van der Waals surface area (Å²) >= 11 is 0. The van der Waals surface area contributed by atoms with Crippen LogP contribution in [0.5, 0.6) is 0 Å². The Kier molecular flexibility index (Phi) is 4.61. The smallest absolute Gasteiger partial charge is 0.223 e. The monoisotopic (exact) mass is 279 g/mol. The first kappa shape index (κ1) is 14.3. The number of rotatable bonds is 4. The number of fused-ring (bicyclic) bond motifs is 2. The van der Waals surface area contributed by atoms with Gasteiger partial charge in [0.25, 0.3) is 0 Å². The van der Waals surface area contributed by atoms with Crippen LogP contribution >= 0.6 is 0 Å². The molecular weight excluding hydrogens is 250 g/mol. The van der Waals surface area contributed by atoms with Gasteiger partial charge in [-0.05, 0) is 69.4 Å². The lowest BCUT2D eigenvalue weighted by atomic mass is 9.65. The van der Waals surface area contributed by atoms with E-state index in [1.165, 1.54) is 25.7 Å². The molecule has 2 aliphatic carbocycles. The summed E-state index contributed by atoms with van der Waals surface area (Å²) in [5.41, 5.74) is 6.29. The second kappa shape index (κ2) is 6.44. The summed E-state index contributed by atoms with van der Waals surface area (Å²) in [7, 11) is 0. The maximum Gasteiger partial charge on any atom is 0.223 e. The fraction of sp³-hybridized carbons (Fsp3) is 0.938. The van der Waals surface area contributed by atoms with Gasteiger partial charge in [-0.25, -0.2) is 0 Å². The predicted octanol–water partition coefficient (Wildman–Crippen LogP) is 1.26. The van der Waals surface area contributed by atoms with Crippen molar-refractivity contribution >= 4 is 5.91 Å². The first-order valence-corrected chi connectivity index (χ1v) is 8.48. The van der Waals surface area contributed by atoms with Crippen LogP contribution in [0.3, 0.4) is 0 Å². The number of hydrogen-bond acceptors (Lipinski definition) is 3. The Morgan fingerprint density at radius 1 is 1.20 bits per heavy atom. The molecule has 3 fully saturated rings. The number of nitrogens with two attached hydrogens (primary N) is 1. The van der Waals surface area contributed by atoms with E-state index >= 15 is 0 Å². The van der Waals surface area contributed by atoms with Gasteiger partial charge in [-0.3, -0.25) is 4.79 Å². The first-order chi connectivity index (χ1) is 9.74.